The molecule has 1 aliphatic rings. The van der Waals surface area contributed by atoms with Crippen LogP contribution in [0.5, 0.6) is 0 Å². The number of halogens is 2. The highest BCUT2D eigenvalue weighted by Crippen LogP contribution is 2.44. The topological polar surface area (TPSA) is 35.8 Å². The molecule has 1 aromatic carbocycles. The van der Waals surface area contributed by atoms with Gasteiger partial charge < -0.3 is 5.32 Å². The normalized spacial score (nSPS) is 17.0. The zero-order valence-electron chi connectivity index (χ0n) is 11.3. The van der Waals surface area contributed by atoms with Crippen LogP contribution in [0, 0.1) is 28.4 Å². The van der Waals surface area contributed by atoms with Crippen molar-refractivity contribution in [3.05, 3.63) is 35.4 Å². The van der Waals surface area contributed by atoms with Gasteiger partial charge in [0.1, 0.15) is 0 Å². The summed E-state index contributed by atoms with van der Waals surface area (Å²) >= 11 is 0. The predicted octanol–water partition coefficient (Wildman–Crippen LogP) is 3.14. The van der Waals surface area contributed by atoms with Crippen molar-refractivity contribution >= 4 is 0 Å². The lowest BCUT2D eigenvalue weighted by atomic mass is 9.84. The van der Waals surface area contributed by atoms with Crippen LogP contribution in [0.2, 0.25) is 0 Å². The van der Waals surface area contributed by atoms with Gasteiger partial charge in [0, 0.05) is 18.5 Å². The van der Waals surface area contributed by atoms with E-state index in [1.54, 1.807) is 6.07 Å². The fourth-order valence-corrected chi connectivity index (χ4v) is 2.11. The van der Waals surface area contributed by atoms with Gasteiger partial charge in [0.15, 0.2) is 11.6 Å². The molecule has 0 bridgehead atoms. The summed E-state index contributed by atoms with van der Waals surface area (Å²) in [7, 11) is 0. The smallest absolute Gasteiger partial charge is 0.159 e. The Bertz CT molecular complexity index is 513. The van der Waals surface area contributed by atoms with Crippen molar-refractivity contribution in [2.24, 2.45) is 5.41 Å². The molecule has 1 fully saturated rings. The summed E-state index contributed by atoms with van der Waals surface area (Å²) in [6.45, 7) is 5.23. The molecule has 1 aromatic rings. The second-order valence-electron chi connectivity index (χ2n) is 6.01. The molecule has 0 aliphatic heterocycles. The van der Waals surface area contributed by atoms with E-state index in [-0.39, 0.29) is 10.8 Å². The zero-order valence-corrected chi connectivity index (χ0v) is 11.3. The summed E-state index contributed by atoms with van der Waals surface area (Å²) in [5.74, 6) is -1.64. The largest absolute Gasteiger partial charge is 0.314 e. The molecular formula is C15H18F2N2. The molecule has 1 saturated carbocycles. The van der Waals surface area contributed by atoms with Crippen LogP contribution in [-0.4, -0.2) is 13.1 Å². The van der Waals surface area contributed by atoms with Crippen LogP contribution in [0.1, 0.15) is 32.3 Å². The highest BCUT2D eigenvalue weighted by molar-refractivity contribution is 5.26. The minimum atomic E-state index is -0.825. The Hall–Kier alpha value is -1.47. The molecule has 0 radical (unpaired) electrons. The van der Waals surface area contributed by atoms with Crippen molar-refractivity contribution in [1.29, 1.82) is 5.26 Å². The molecule has 2 nitrogen and oxygen atoms in total. The molecule has 0 atom stereocenters. The third-order valence-electron chi connectivity index (χ3n) is 3.82. The van der Waals surface area contributed by atoms with E-state index in [9.17, 15) is 8.78 Å². The first kappa shape index (κ1) is 14.0. The van der Waals surface area contributed by atoms with Gasteiger partial charge in [0.05, 0.1) is 11.5 Å². The van der Waals surface area contributed by atoms with Gasteiger partial charge in [-0.15, -0.1) is 0 Å². The van der Waals surface area contributed by atoms with Crippen molar-refractivity contribution in [1.82, 2.24) is 5.32 Å². The van der Waals surface area contributed by atoms with Gasteiger partial charge in [0.25, 0.3) is 0 Å². The van der Waals surface area contributed by atoms with E-state index in [1.807, 2.05) is 13.8 Å². The Morgan fingerprint density at radius 2 is 2.00 bits per heavy atom. The number of nitrogens with zero attached hydrogens (tertiary/aromatic N) is 1. The van der Waals surface area contributed by atoms with E-state index in [1.165, 1.54) is 6.07 Å². The maximum Gasteiger partial charge on any atom is 0.159 e. The van der Waals surface area contributed by atoms with Crippen LogP contribution in [0.4, 0.5) is 8.78 Å². The molecule has 19 heavy (non-hydrogen) atoms. The molecule has 1 aliphatic carbocycles. The van der Waals surface area contributed by atoms with Gasteiger partial charge in [0.2, 0.25) is 0 Å². The Balaban J connectivity index is 1.97. The number of hydrogen-bond acceptors (Lipinski definition) is 2. The van der Waals surface area contributed by atoms with Crippen molar-refractivity contribution in [3.63, 3.8) is 0 Å². The summed E-state index contributed by atoms with van der Waals surface area (Å²) in [6.07, 6.45) is 1.89. The molecule has 0 saturated heterocycles. The molecule has 1 N–H and O–H groups in total. The quantitative estimate of drug-likeness (QED) is 0.887. The molecule has 0 spiro atoms. The average Bonchev–Trinajstić information content (AvgIpc) is 3.13. The Kier molecular flexibility index (Phi) is 3.60. The van der Waals surface area contributed by atoms with Gasteiger partial charge in [-0.25, -0.2) is 8.78 Å². The van der Waals surface area contributed by atoms with E-state index in [0.29, 0.717) is 13.1 Å². The minimum absolute atomic E-state index is 0.190. The van der Waals surface area contributed by atoms with E-state index < -0.39 is 11.6 Å². The number of nitriles is 1. The van der Waals surface area contributed by atoms with E-state index >= 15 is 0 Å². The highest BCUT2D eigenvalue weighted by Gasteiger charge is 2.42. The summed E-state index contributed by atoms with van der Waals surface area (Å²) in [5.41, 5.74) is 0.255. The third-order valence-corrected chi connectivity index (χ3v) is 3.82. The van der Waals surface area contributed by atoms with Gasteiger partial charge in [-0.1, -0.05) is 19.9 Å². The van der Waals surface area contributed by atoms with Crippen LogP contribution in [0.3, 0.4) is 0 Å². The van der Waals surface area contributed by atoms with Crippen LogP contribution >= 0.6 is 0 Å². The maximum atomic E-state index is 13.2. The predicted molar refractivity (Wildman–Crippen MR) is 69.5 cm³/mol. The number of rotatable bonds is 5. The molecule has 0 unspecified atom stereocenters. The summed E-state index contributed by atoms with van der Waals surface area (Å²) in [5, 5.41) is 12.3. The number of nitrogens with one attached hydrogen (secondary N) is 1. The first-order valence-corrected chi connectivity index (χ1v) is 6.46. The SMILES string of the molecule is CC(C)(CNCC1(C#N)CC1)c1ccc(F)c(F)c1. The Morgan fingerprint density at radius 1 is 1.32 bits per heavy atom. The molecule has 0 heterocycles. The molecular weight excluding hydrogens is 246 g/mol. The lowest BCUT2D eigenvalue weighted by Crippen LogP contribution is -2.36. The second kappa shape index (κ2) is 4.90. The first-order chi connectivity index (χ1) is 8.88. The van der Waals surface area contributed by atoms with Gasteiger partial charge in [-0.05, 0) is 30.5 Å². The van der Waals surface area contributed by atoms with E-state index in [2.05, 4.69) is 11.4 Å². The Labute approximate surface area is 112 Å². The van der Waals surface area contributed by atoms with Crippen LogP contribution in [0.25, 0.3) is 0 Å². The summed E-state index contributed by atoms with van der Waals surface area (Å²) in [6, 6.07) is 6.33. The standard InChI is InChI=1S/C15H18F2N2/c1-14(2,9-19-10-15(8-18)5-6-15)11-3-4-12(16)13(17)7-11/h3-4,7,19H,5-6,9-10H2,1-2H3. The van der Waals surface area contributed by atoms with Gasteiger partial charge in [-0.2, -0.15) is 5.26 Å². The minimum Gasteiger partial charge on any atom is -0.314 e. The van der Waals surface area contributed by atoms with Crippen LogP contribution in [0.15, 0.2) is 18.2 Å². The third kappa shape index (κ3) is 3.10. The first-order valence-electron chi connectivity index (χ1n) is 6.46. The summed E-state index contributed by atoms with van der Waals surface area (Å²) < 4.78 is 26.2. The van der Waals surface area contributed by atoms with E-state index in [4.69, 9.17) is 5.26 Å². The molecule has 0 aromatic heterocycles. The van der Waals surface area contributed by atoms with Gasteiger partial charge in [-0.3, -0.25) is 0 Å². The number of benzene rings is 1. The fourth-order valence-electron chi connectivity index (χ4n) is 2.11. The highest BCUT2D eigenvalue weighted by atomic mass is 19.2. The molecule has 0 amide bonds. The van der Waals surface area contributed by atoms with Crippen molar-refractivity contribution < 1.29 is 8.78 Å². The summed E-state index contributed by atoms with van der Waals surface area (Å²) in [4.78, 5) is 0. The molecule has 102 valence electrons. The lowest BCUT2D eigenvalue weighted by molar-refractivity contribution is 0.437. The monoisotopic (exact) mass is 264 g/mol. The van der Waals surface area contributed by atoms with Crippen molar-refractivity contribution in [2.75, 3.05) is 13.1 Å². The van der Waals surface area contributed by atoms with Crippen molar-refractivity contribution in [2.45, 2.75) is 32.1 Å². The van der Waals surface area contributed by atoms with Gasteiger partial charge >= 0.3 is 0 Å². The Morgan fingerprint density at radius 3 is 2.53 bits per heavy atom. The average molecular weight is 264 g/mol. The van der Waals surface area contributed by atoms with E-state index in [0.717, 1.165) is 24.5 Å². The molecule has 2 rings (SSSR count). The maximum absolute atomic E-state index is 13.2. The second-order valence-corrected chi connectivity index (χ2v) is 6.01. The number of hydrogen-bond donors (Lipinski definition) is 1. The van der Waals surface area contributed by atoms with Crippen LogP contribution < -0.4 is 5.32 Å². The zero-order chi connectivity index (χ0) is 14.1. The lowest BCUT2D eigenvalue weighted by Gasteiger charge is -2.26. The fraction of sp³-hybridized carbons (Fsp3) is 0.533. The van der Waals surface area contributed by atoms with Crippen molar-refractivity contribution in [3.8, 4) is 6.07 Å². The molecule has 4 heteroatoms. The van der Waals surface area contributed by atoms with Crippen LogP contribution in [-0.2, 0) is 5.41 Å².